The number of alkyl halides is 3. The second-order valence-corrected chi connectivity index (χ2v) is 7.92. The zero-order chi connectivity index (χ0) is 20.6. The summed E-state index contributed by atoms with van der Waals surface area (Å²) in [6.07, 6.45) is 1.19. The molecule has 0 unspecified atom stereocenters. The Bertz CT molecular complexity index is 861. The Balaban J connectivity index is 1.56. The van der Waals surface area contributed by atoms with Gasteiger partial charge in [0.15, 0.2) is 5.69 Å². The lowest BCUT2D eigenvalue weighted by Gasteiger charge is -2.38. The second kappa shape index (κ2) is 7.82. The van der Waals surface area contributed by atoms with Crippen LogP contribution in [0.15, 0.2) is 30.5 Å². The first-order chi connectivity index (χ1) is 13.8. The van der Waals surface area contributed by atoms with Gasteiger partial charge in [-0.05, 0) is 31.9 Å². The van der Waals surface area contributed by atoms with E-state index < -0.39 is 17.8 Å². The molecule has 5 nitrogen and oxygen atoms in total. The molecule has 1 aromatic carbocycles. The van der Waals surface area contributed by atoms with Gasteiger partial charge in [0.25, 0.3) is 5.91 Å². The molecule has 29 heavy (non-hydrogen) atoms. The highest BCUT2D eigenvalue weighted by Crippen LogP contribution is 2.34. The standard InChI is InChI=1S/C21H25F3N4O/c1-15-6-8-17(9-7-15)28-19(21(22,23)24)18(14-25-28)20(29)27-12-10-26(11-13-27)16-4-2-3-5-16/h6-9,14,16H,2-5,10-13H2,1H3. The fraction of sp³-hybridized carbons (Fsp3) is 0.524. The first-order valence-electron chi connectivity index (χ1n) is 10.1. The summed E-state index contributed by atoms with van der Waals surface area (Å²) in [6, 6.07) is 7.16. The minimum Gasteiger partial charge on any atom is -0.336 e. The molecule has 4 rings (SSSR count). The Morgan fingerprint density at radius 3 is 2.24 bits per heavy atom. The molecule has 1 saturated heterocycles. The SMILES string of the molecule is Cc1ccc(-n2ncc(C(=O)N3CCN(C4CCCC4)CC3)c2C(F)(F)F)cc1. The predicted octanol–water partition coefficient (Wildman–Crippen LogP) is 3.90. The van der Waals surface area contributed by atoms with Gasteiger partial charge in [0, 0.05) is 32.2 Å². The van der Waals surface area contributed by atoms with Crippen molar-refractivity contribution in [1.82, 2.24) is 19.6 Å². The van der Waals surface area contributed by atoms with E-state index in [4.69, 9.17) is 0 Å². The lowest BCUT2D eigenvalue weighted by Crippen LogP contribution is -2.51. The third kappa shape index (κ3) is 4.03. The van der Waals surface area contributed by atoms with Crippen molar-refractivity contribution >= 4 is 5.91 Å². The number of piperazine rings is 1. The van der Waals surface area contributed by atoms with E-state index in [-0.39, 0.29) is 11.3 Å². The van der Waals surface area contributed by atoms with Gasteiger partial charge in [0.1, 0.15) is 0 Å². The van der Waals surface area contributed by atoms with E-state index in [9.17, 15) is 18.0 Å². The number of halogens is 3. The highest BCUT2D eigenvalue weighted by molar-refractivity contribution is 5.95. The maximum absolute atomic E-state index is 13.9. The quantitative estimate of drug-likeness (QED) is 0.776. The van der Waals surface area contributed by atoms with Gasteiger partial charge in [-0.25, -0.2) is 4.68 Å². The molecule has 1 saturated carbocycles. The summed E-state index contributed by atoms with van der Waals surface area (Å²) in [5.41, 5.74) is -0.170. The number of hydrogen-bond acceptors (Lipinski definition) is 3. The summed E-state index contributed by atoms with van der Waals surface area (Å²) in [4.78, 5) is 16.8. The van der Waals surface area contributed by atoms with E-state index in [0.717, 1.165) is 16.4 Å². The molecule has 8 heteroatoms. The van der Waals surface area contributed by atoms with Crippen molar-refractivity contribution in [3.63, 3.8) is 0 Å². The van der Waals surface area contributed by atoms with Gasteiger partial charge in [-0.3, -0.25) is 9.69 Å². The highest BCUT2D eigenvalue weighted by Gasteiger charge is 2.42. The van der Waals surface area contributed by atoms with Crippen molar-refractivity contribution in [1.29, 1.82) is 0 Å². The molecule has 2 fully saturated rings. The summed E-state index contributed by atoms with van der Waals surface area (Å²) < 4.78 is 42.4. The van der Waals surface area contributed by atoms with Crippen LogP contribution in [0.1, 0.15) is 47.3 Å². The molecule has 1 aliphatic heterocycles. The van der Waals surface area contributed by atoms with Crippen LogP contribution >= 0.6 is 0 Å². The lowest BCUT2D eigenvalue weighted by atomic mass is 10.1. The Kier molecular flexibility index (Phi) is 5.38. The summed E-state index contributed by atoms with van der Waals surface area (Å²) >= 11 is 0. The van der Waals surface area contributed by atoms with E-state index in [2.05, 4.69) is 10.00 Å². The smallest absolute Gasteiger partial charge is 0.336 e. The number of aromatic nitrogens is 2. The monoisotopic (exact) mass is 406 g/mol. The Hall–Kier alpha value is -2.35. The van der Waals surface area contributed by atoms with Crippen LogP contribution in [0.4, 0.5) is 13.2 Å². The molecule has 1 aromatic heterocycles. The van der Waals surface area contributed by atoms with Gasteiger partial charge in [-0.1, -0.05) is 30.5 Å². The van der Waals surface area contributed by atoms with E-state index in [1.807, 2.05) is 6.92 Å². The molecule has 0 N–H and O–H groups in total. The van der Waals surface area contributed by atoms with Crippen molar-refractivity contribution < 1.29 is 18.0 Å². The van der Waals surface area contributed by atoms with Gasteiger partial charge in [0.2, 0.25) is 0 Å². The summed E-state index contributed by atoms with van der Waals surface area (Å²) in [7, 11) is 0. The average Bonchev–Trinajstić information content (AvgIpc) is 3.38. The van der Waals surface area contributed by atoms with Crippen LogP contribution in [0, 0.1) is 6.92 Å². The van der Waals surface area contributed by atoms with Crippen molar-refractivity contribution in [2.24, 2.45) is 0 Å². The van der Waals surface area contributed by atoms with Gasteiger partial charge in [-0.15, -0.1) is 0 Å². The van der Waals surface area contributed by atoms with Crippen LogP contribution in [-0.4, -0.2) is 57.7 Å². The number of amides is 1. The van der Waals surface area contributed by atoms with E-state index in [1.54, 1.807) is 24.3 Å². The molecule has 156 valence electrons. The maximum Gasteiger partial charge on any atom is 0.434 e. The Labute approximate surface area is 168 Å². The largest absolute Gasteiger partial charge is 0.434 e. The maximum atomic E-state index is 13.9. The van der Waals surface area contributed by atoms with Crippen molar-refractivity contribution in [2.45, 2.75) is 44.8 Å². The van der Waals surface area contributed by atoms with Crippen molar-refractivity contribution in [3.05, 3.63) is 47.3 Å². The summed E-state index contributed by atoms with van der Waals surface area (Å²) in [5.74, 6) is -0.596. The predicted molar refractivity (Wildman–Crippen MR) is 103 cm³/mol. The second-order valence-electron chi connectivity index (χ2n) is 7.92. The number of aryl methyl sites for hydroxylation is 1. The van der Waals surface area contributed by atoms with Gasteiger partial charge in [0.05, 0.1) is 17.4 Å². The van der Waals surface area contributed by atoms with E-state index >= 15 is 0 Å². The fourth-order valence-corrected chi connectivity index (χ4v) is 4.39. The molecular formula is C21H25F3N4O. The molecule has 1 amide bonds. The number of hydrogen-bond donors (Lipinski definition) is 0. The van der Waals surface area contributed by atoms with Crippen LogP contribution in [0.2, 0.25) is 0 Å². The lowest BCUT2D eigenvalue weighted by molar-refractivity contribution is -0.143. The molecule has 0 radical (unpaired) electrons. The van der Waals surface area contributed by atoms with E-state index in [0.29, 0.717) is 32.2 Å². The first-order valence-corrected chi connectivity index (χ1v) is 10.1. The van der Waals surface area contributed by atoms with Crippen LogP contribution in [0.5, 0.6) is 0 Å². The number of rotatable bonds is 3. The van der Waals surface area contributed by atoms with Crippen LogP contribution < -0.4 is 0 Å². The summed E-state index contributed by atoms with van der Waals surface area (Å²) in [5, 5.41) is 3.92. The molecule has 2 aromatic rings. The van der Waals surface area contributed by atoms with E-state index in [1.165, 1.54) is 30.6 Å². The van der Waals surface area contributed by atoms with Crippen molar-refractivity contribution in [2.75, 3.05) is 26.2 Å². The first kappa shape index (κ1) is 19.9. The number of carbonyl (C=O) groups is 1. The number of carbonyl (C=O) groups excluding carboxylic acids is 1. The minimum atomic E-state index is -4.68. The molecule has 0 bridgehead atoms. The zero-order valence-corrected chi connectivity index (χ0v) is 16.5. The Morgan fingerprint density at radius 1 is 1.03 bits per heavy atom. The third-order valence-electron chi connectivity index (χ3n) is 5.99. The normalized spacial score (nSPS) is 19.1. The van der Waals surface area contributed by atoms with Crippen LogP contribution in [0.3, 0.4) is 0 Å². The molecule has 2 heterocycles. The highest BCUT2D eigenvalue weighted by atomic mass is 19.4. The number of nitrogens with zero attached hydrogens (tertiary/aromatic N) is 4. The fourth-order valence-electron chi connectivity index (χ4n) is 4.39. The average molecular weight is 406 g/mol. The molecule has 2 aliphatic rings. The van der Waals surface area contributed by atoms with Gasteiger partial charge >= 0.3 is 6.18 Å². The van der Waals surface area contributed by atoms with Crippen molar-refractivity contribution in [3.8, 4) is 5.69 Å². The Morgan fingerprint density at radius 2 is 1.66 bits per heavy atom. The zero-order valence-electron chi connectivity index (χ0n) is 16.5. The number of benzene rings is 1. The summed E-state index contributed by atoms with van der Waals surface area (Å²) in [6.45, 7) is 4.18. The third-order valence-corrected chi connectivity index (χ3v) is 5.99. The molecular weight excluding hydrogens is 381 g/mol. The van der Waals surface area contributed by atoms with Crippen LogP contribution in [0.25, 0.3) is 5.69 Å². The topological polar surface area (TPSA) is 41.4 Å². The minimum absolute atomic E-state index is 0.285. The van der Waals surface area contributed by atoms with Gasteiger partial charge in [-0.2, -0.15) is 18.3 Å². The van der Waals surface area contributed by atoms with Crippen LogP contribution in [-0.2, 0) is 6.18 Å². The molecule has 0 atom stereocenters. The molecule has 1 aliphatic carbocycles. The van der Waals surface area contributed by atoms with Gasteiger partial charge < -0.3 is 4.90 Å². The molecule has 0 spiro atoms.